The van der Waals surface area contributed by atoms with Gasteiger partial charge in [-0.05, 0) is 19.1 Å². The minimum atomic E-state index is -0.424. The molecule has 0 aliphatic rings. The minimum absolute atomic E-state index is 0.0526. The number of hydrogen-bond donors (Lipinski definition) is 2. The largest absolute Gasteiger partial charge is 0.325 e. The van der Waals surface area contributed by atoms with Crippen LogP contribution in [0.25, 0.3) is 0 Å². The molecule has 0 aliphatic heterocycles. The van der Waals surface area contributed by atoms with Crippen LogP contribution in [0.15, 0.2) is 29.8 Å². The number of aromatic nitrogens is 2. The molecule has 0 spiro atoms. The van der Waals surface area contributed by atoms with Gasteiger partial charge in [-0.1, -0.05) is 23.5 Å². The number of hydrogen-bond acceptors (Lipinski definition) is 5. The summed E-state index contributed by atoms with van der Waals surface area (Å²) in [5.41, 5.74) is 2.61. The molecule has 1 aromatic heterocycles. The van der Waals surface area contributed by atoms with E-state index in [-0.39, 0.29) is 5.78 Å². The monoisotopic (exact) mass is 262 g/mol. The van der Waals surface area contributed by atoms with E-state index in [1.54, 1.807) is 24.3 Å². The lowest BCUT2D eigenvalue weighted by Crippen LogP contribution is -2.19. The Morgan fingerprint density at radius 2 is 2.11 bits per heavy atom. The van der Waals surface area contributed by atoms with Crippen LogP contribution in [0.5, 0.6) is 0 Å². The SMILES string of the molecule is CC(=O)c1cccc(NC(=O)Nc2nncs2)c1. The molecule has 2 rings (SSSR count). The van der Waals surface area contributed by atoms with E-state index in [4.69, 9.17) is 0 Å². The lowest BCUT2D eigenvalue weighted by atomic mass is 10.1. The molecule has 0 radical (unpaired) electrons. The van der Waals surface area contributed by atoms with Gasteiger partial charge in [0, 0.05) is 11.3 Å². The van der Waals surface area contributed by atoms with Crippen LogP contribution in [0.1, 0.15) is 17.3 Å². The van der Waals surface area contributed by atoms with E-state index in [1.807, 2.05) is 0 Å². The van der Waals surface area contributed by atoms with Crippen LogP contribution < -0.4 is 10.6 Å². The van der Waals surface area contributed by atoms with E-state index in [0.717, 1.165) is 0 Å². The zero-order valence-corrected chi connectivity index (χ0v) is 10.3. The van der Waals surface area contributed by atoms with Crippen LogP contribution in [0.4, 0.5) is 15.6 Å². The van der Waals surface area contributed by atoms with Crippen molar-refractivity contribution in [2.45, 2.75) is 6.92 Å². The number of benzene rings is 1. The van der Waals surface area contributed by atoms with Gasteiger partial charge in [0.1, 0.15) is 5.51 Å². The maximum atomic E-state index is 11.6. The van der Waals surface area contributed by atoms with Gasteiger partial charge < -0.3 is 5.32 Å². The first-order chi connectivity index (χ1) is 8.65. The zero-order valence-electron chi connectivity index (χ0n) is 9.51. The van der Waals surface area contributed by atoms with Crippen LogP contribution >= 0.6 is 11.3 Å². The molecule has 0 unspecified atom stereocenters. The smallest absolute Gasteiger partial charge is 0.308 e. The van der Waals surface area contributed by atoms with E-state index in [2.05, 4.69) is 20.8 Å². The van der Waals surface area contributed by atoms with E-state index in [1.165, 1.54) is 23.8 Å². The van der Waals surface area contributed by atoms with Gasteiger partial charge in [0.05, 0.1) is 0 Å². The van der Waals surface area contributed by atoms with Crippen LogP contribution in [-0.4, -0.2) is 22.0 Å². The molecule has 92 valence electrons. The molecule has 0 aliphatic carbocycles. The van der Waals surface area contributed by atoms with Crippen molar-refractivity contribution in [3.8, 4) is 0 Å². The number of carbonyl (C=O) groups excluding carboxylic acids is 2. The Hall–Kier alpha value is -2.28. The molecular weight excluding hydrogens is 252 g/mol. The summed E-state index contributed by atoms with van der Waals surface area (Å²) in [6.07, 6.45) is 0. The number of nitrogens with zero attached hydrogens (tertiary/aromatic N) is 2. The molecule has 1 aromatic carbocycles. The second-order valence-electron chi connectivity index (χ2n) is 3.46. The lowest BCUT2D eigenvalue weighted by Gasteiger charge is -2.05. The third kappa shape index (κ3) is 3.11. The van der Waals surface area contributed by atoms with Crippen molar-refractivity contribution >= 4 is 34.0 Å². The topological polar surface area (TPSA) is 84.0 Å². The van der Waals surface area contributed by atoms with Crippen molar-refractivity contribution in [1.29, 1.82) is 0 Å². The highest BCUT2D eigenvalue weighted by Crippen LogP contribution is 2.13. The number of rotatable bonds is 3. The molecule has 0 saturated carbocycles. The summed E-state index contributed by atoms with van der Waals surface area (Å²) in [6, 6.07) is 6.29. The van der Waals surface area contributed by atoms with Gasteiger partial charge in [0.15, 0.2) is 5.78 Å². The van der Waals surface area contributed by atoms with Crippen LogP contribution in [0.2, 0.25) is 0 Å². The molecule has 0 atom stereocenters. The van der Waals surface area contributed by atoms with Gasteiger partial charge in [-0.2, -0.15) is 0 Å². The average molecular weight is 262 g/mol. The summed E-state index contributed by atoms with van der Waals surface area (Å²) >= 11 is 1.22. The van der Waals surface area contributed by atoms with Gasteiger partial charge >= 0.3 is 6.03 Å². The maximum absolute atomic E-state index is 11.6. The quantitative estimate of drug-likeness (QED) is 0.832. The van der Waals surface area contributed by atoms with Gasteiger partial charge in [-0.15, -0.1) is 10.2 Å². The summed E-state index contributed by atoms with van der Waals surface area (Å²) in [4.78, 5) is 22.8. The first kappa shape index (κ1) is 12.2. The van der Waals surface area contributed by atoms with Crippen molar-refractivity contribution in [2.75, 3.05) is 10.6 Å². The summed E-state index contributed by atoms with van der Waals surface area (Å²) in [5, 5.41) is 12.8. The molecule has 18 heavy (non-hydrogen) atoms. The predicted molar refractivity (Wildman–Crippen MR) is 69.0 cm³/mol. The Morgan fingerprint density at radius 3 is 2.78 bits per heavy atom. The van der Waals surface area contributed by atoms with Crippen molar-refractivity contribution < 1.29 is 9.59 Å². The number of carbonyl (C=O) groups is 2. The molecule has 0 bridgehead atoms. The molecular formula is C11H10N4O2S. The Morgan fingerprint density at radius 1 is 1.28 bits per heavy atom. The van der Waals surface area contributed by atoms with Crippen molar-refractivity contribution in [3.63, 3.8) is 0 Å². The van der Waals surface area contributed by atoms with E-state index < -0.39 is 6.03 Å². The number of anilines is 2. The Labute approximate surface area is 107 Å². The first-order valence-electron chi connectivity index (χ1n) is 5.10. The number of amides is 2. The summed E-state index contributed by atoms with van der Waals surface area (Å²) in [7, 11) is 0. The minimum Gasteiger partial charge on any atom is -0.308 e. The lowest BCUT2D eigenvalue weighted by molar-refractivity contribution is 0.101. The Bertz CT molecular complexity index is 568. The normalized spacial score (nSPS) is 9.83. The van der Waals surface area contributed by atoms with E-state index >= 15 is 0 Å². The van der Waals surface area contributed by atoms with Crippen LogP contribution in [0, 0.1) is 0 Å². The fourth-order valence-electron chi connectivity index (χ4n) is 1.30. The van der Waals surface area contributed by atoms with Crippen molar-refractivity contribution in [2.24, 2.45) is 0 Å². The maximum Gasteiger partial charge on any atom is 0.325 e. The number of nitrogens with one attached hydrogen (secondary N) is 2. The van der Waals surface area contributed by atoms with Crippen LogP contribution in [-0.2, 0) is 0 Å². The standard InChI is InChI=1S/C11H10N4O2S/c1-7(16)8-3-2-4-9(5-8)13-10(17)14-11-15-12-6-18-11/h2-6H,1H3,(H2,13,14,15,17). The molecule has 6 nitrogen and oxygen atoms in total. The third-order valence-corrected chi connectivity index (χ3v) is 2.71. The fourth-order valence-corrected chi connectivity index (χ4v) is 1.74. The highest BCUT2D eigenvalue weighted by atomic mass is 32.1. The van der Waals surface area contributed by atoms with E-state index in [0.29, 0.717) is 16.4 Å². The highest BCUT2D eigenvalue weighted by molar-refractivity contribution is 7.13. The Balaban J connectivity index is 2.03. The second kappa shape index (κ2) is 5.37. The molecule has 2 N–H and O–H groups in total. The molecule has 2 aromatic rings. The predicted octanol–water partition coefficient (Wildman–Crippen LogP) is 2.38. The van der Waals surface area contributed by atoms with Crippen molar-refractivity contribution in [3.05, 3.63) is 35.3 Å². The highest BCUT2D eigenvalue weighted by Gasteiger charge is 2.06. The molecule has 1 heterocycles. The zero-order chi connectivity index (χ0) is 13.0. The third-order valence-electron chi connectivity index (χ3n) is 2.11. The van der Waals surface area contributed by atoms with Gasteiger partial charge in [-0.25, -0.2) is 4.79 Å². The molecule has 7 heteroatoms. The van der Waals surface area contributed by atoms with Crippen LogP contribution in [0.3, 0.4) is 0 Å². The van der Waals surface area contributed by atoms with Crippen molar-refractivity contribution in [1.82, 2.24) is 10.2 Å². The number of urea groups is 1. The first-order valence-corrected chi connectivity index (χ1v) is 5.98. The van der Waals surface area contributed by atoms with E-state index in [9.17, 15) is 9.59 Å². The molecule has 2 amide bonds. The van der Waals surface area contributed by atoms with Gasteiger partial charge in [0.2, 0.25) is 5.13 Å². The van der Waals surface area contributed by atoms with Gasteiger partial charge in [0.25, 0.3) is 0 Å². The number of ketones is 1. The Kier molecular flexibility index (Phi) is 3.63. The number of Topliss-reactive ketones (excluding diaryl/α,β-unsaturated/α-hetero) is 1. The summed E-state index contributed by atoms with van der Waals surface area (Å²) in [6.45, 7) is 1.47. The average Bonchev–Trinajstić information content (AvgIpc) is 2.82. The van der Waals surface area contributed by atoms with Gasteiger partial charge in [-0.3, -0.25) is 10.1 Å². The molecule has 0 fully saturated rings. The summed E-state index contributed by atoms with van der Waals surface area (Å²) < 4.78 is 0. The fraction of sp³-hybridized carbons (Fsp3) is 0.0909. The molecule has 0 saturated heterocycles. The second-order valence-corrected chi connectivity index (χ2v) is 4.29. The summed E-state index contributed by atoms with van der Waals surface area (Å²) in [5.74, 6) is -0.0526.